The van der Waals surface area contributed by atoms with E-state index in [9.17, 15) is 14.4 Å². The van der Waals surface area contributed by atoms with E-state index in [0.29, 0.717) is 38.1 Å². The standard InChI is InChI=1S/C28H34N6O5/c1-3-17-38-19-14-26(36)29-16-6-5-7-24(32-27(37)15-20-39-18-4-2)25(35)13-10-22-8-11-23(12-9-22)28-33-30-21-31-34-28/h1-2,8-9,11-12,21,24H,5-7,10,13-20H2,(H,29,36)(H,32,37). The van der Waals surface area contributed by atoms with Crippen molar-refractivity contribution in [3.63, 3.8) is 0 Å². The van der Waals surface area contributed by atoms with Gasteiger partial charge in [-0.15, -0.1) is 33.2 Å². The summed E-state index contributed by atoms with van der Waals surface area (Å²) in [5.41, 5.74) is 1.74. The Kier molecular flexibility index (Phi) is 15.1. The minimum absolute atomic E-state index is 0.0635. The Morgan fingerprint density at radius 3 is 2.15 bits per heavy atom. The molecule has 2 amide bonds. The number of aromatic nitrogens is 4. The Morgan fingerprint density at radius 1 is 0.872 bits per heavy atom. The molecule has 2 N–H and O–H groups in total. The summed E-state index contributed by atoms with van der Waals surface area (Å²) in [6, 6.07) is 6.87. The van der Waals surface area contributed by atoms with Crippen molar-refractivity contribution in [1.29, 1.82) is 0 Å². The Morgan fingerprint density at radius 2 is 1.51 bits per heavy atom. The second kappa shape index (κ2) is 19.0. The lowest BCUT2D eigenvalue weighted by Gasteiger charge is -2.18. The molecular weight excluding hydrogens is 500 g/mol. The van der Waals surface area contributed by atoms with Gasteiger partial charge in [-0.3, -0.25) is 14.4 Å². The number of nitrogens with one attached hydrogen (secondary N) is 2. The number of amides is 2. The van der Waals surface area contributed by atoms with Crippen molar-refractivity contribution >= 4 is 17.6 Å². The number of carbonyl (C=O) groups is 3. The molecule has 0 fully saturated rings. The summed E-state index contributed by atoms with van der Waals surface area (Å²) in [5, 5.41) is 21.0. The molecule has 11 heteroatoms. The SMILES string of the molecule is C#CCOCCC(=O)NCCCCC(NC(=O)CCOCC#C)C(=O)CCc1ccc(-c2nncnn2)cc1. The second-order valence-electron chi connectivity index (χ2n) is 8.51. The van der Waals surface area contributed by atoms with Gasteiger partial charge in [0.15, 0.2) is 12.1 Å². The average Bonchev–Trinajstić information content (AvgIpc) is 2.96. The van der Waals surface area contributed by atoms with Gasteiger partial charge >= 0.3 is 0 Å². The molecule has 1 atom stereocenters. The van der Waals surface area contributed by atoms with Crippen molar-refractivity contribution in [3.05, 3.63) is 36.2 Å². The van der Waals surface area contributed by atoms with E-state index in [2.05, 4.69) is 42.9 Å². The Hall–Kier alpha value is -4.19. The average molecular weight is 535 g/mol. The highest BCUT2D eigenvalue weighted by Crippen LogP contribution is 2.15. The lowest BCUT2D eigenvalue weighted by molar-refractivity contribution is -0.128. The van der Waals surface area contributed by atoms with Crippen LogP contribution in [0.1, 0.15) is 44.1 Å². The zero-order valence-corrected chi connectivity index (χ0v) is 21.9. The molecule has 1 unspecified atom stereocenters. The van der Waals surface area contributed by atoms with Gasteiger partial charge in [-0.1, -0.05) is 36.1 Å². The number of ketones is 1. The number of aryl methyl sites for hydroxylation is 1. The number of benzene rings is 1. The highest BCUT2D eigenvalue weighted by Gasteiger charge is 2.20. The number of hydrogen-bond acceptors (Lipinski definition) is 9. The topological polar surface area (TPSA) is 145 Å². The maximum atomic E-state index is 13.1. The first-order valence-corrected chi connectivity index (χ1v) is 12.7. The summed E-state index contributed by atoms with van der Waals surface area (Å²) in [6.07, 6.45) is 14.4. The molecule has 206 valence electrons. The fourth-order valence-corrected chi connectivity index (χ4v) is 3.54. The molecule has 0 saturated heterocycles. The predicted octanol–water partition coefficient (Wildman–Crippen LogP) is 1.29. The lowest BCUT2D eigenvalue weighted by atomic mass is 9.98. The Balaban J connectivity index is 1.83. The van der Waals surface area contributed by atoms with Gasteiger partial charge < -0.3 is 20.1 Å². The van der Waals surface area contributed by atoms with Crippen LogP contribution in [0.3, 0.4) is 0 Å². The van der Waals surface area contributed by atoms with Crippen LogP contribution in [0, 0.1) is 24.7 Å². The molecule has 0 spiro atoms. The molecule has 2 aromatic rings. The number of ether oxygens (including phenoxy) is 2. The van der Waals surface area contributed by atoms with Crippen LogP contribution in [0.5, 0.6) is 0 Å². The summed E-state index contributed by atoms with van der Waals surface area (Å²) < 4.78 is 10.3. The van der Waals surface area contributed by atoms with E-state index in [0.717, 1.165) is 11.1 Å². The number of terminal acetylenes is 2. The summed E-state index contributed by atoms with van der Waals surface area (Å²) in [7, 11) is 0. The van der Waals surface area contributed by atoms with Crippen LogP contribution in [-0.4, -0.2) is 77.0 Å². The molecule has 1 aromatic carbocycles. The number of rotatable bonds is 19. The number of carbonyl (C=O) groups excluding carboxylic acids is 3. The maximum absolute atomic E-state index is 13.1. The minimum atomic E-state index is -0.632. The van der Waals surface area contributed by atoms with Crippen LogP contribution in [-0.2, 0) is 30.3 Å². The van der Waals surface area contributed by atoms with Crippen LogP contribution in [0.4, 0.5) is 0 Å². The fraction of sp³-hybridized carbons (Fsp3) is 0.464. The smallest absolute Gasteiger partial charge is 0.222 e. The third-order valence-electron chi connectivity index (χ3n) is 5.56. The predicted molar refractivity (Wildman–Crippen MR) is 144 cm³/mol. The first-order valence-electron chi connectivity index (χ1n) is 12.7. The van der Waals surface area contributed by atoms with Gasteiger partial charge in [-0.05, 0) is 31.2 Å². The van der Waals surface area contributed by atoms with Crippen molar-refractivity contribution in [3.8, 4) is 36.1 Å². The zero-order chi connectivity index (χ0) is 28.1. The highest BCUT2D eigenvalue weighted by molar-refractivity contribution is 5.89. The van der Waals surface area contributed by atoms with Gasteiger partial charge in [-0.2, -0.15) is 0 Å². The largest absolute Gasteiger partial charge is 0.368 e. The Labute approximate surface area is 228 Å². The normalized spacial score (nSPS) is 11.1. The van der Waals surface area contributed by atoms with Gasteiger partial charge in [0, 0.05) is 18.5 Å². The zero-order valence-electron chi connectivity index (χ0n) is 21.9. The van der Waals surface area contributed by atoms with Crippen LogP contribution in [0.2, 0.25) is 0 Å². The quantitative estimate of drug-likeness (QED) is 0.201. The lowest BCUT2D eigenvalue weighted by Crippen LogP contribution is -2.41. The van der Waals surface area contributed by atoms with Gasteiger partial charge in [0.2, 0.25) is 17.6 Å². The van der Waals surface area contributed by atoms with E-state index >= 15 is 0 Å². The van der Waals surface area contributed by atoms with Gasteiger partial charge in [0.25, 0.3) is 0 Å². The van der Waals surface area contributed by atoms with Crippen LogP contribution in [0.25, 0.3) is 11.4 Å². The van der Waals surface area contributed by atoms with E-state index < -0.39 is 6.04 Å². The summed E-state index contributed by atoms with van der Waals surface area (Å²) >= 11 is 0. The monoisotopic (exact) mass is 534 g/mol. The maximum Gasteiger partial charge on any atom is 0.222 e. The van der Waals surface area contributed by atoms with E-state index in [1.807, 2.05) is 24.3 Å². The number of hydrogen-bond donors (Lipinski definition) is 2. The molecule has 0 aliphatic carbocycles. The van der Waals surface area contributed by atoms with E-state index in [4.69, 9.17) is 22.3 Å². The third kappa shape index (κ3) is 13.3. The molecular formula is C28H34N6O5. The van der Waals surface area contributed by atoms with Crippen molar-refractivity contribution in [2.24, 2.45) is 0 Å². The molecule has 2 rings (SSSR count). The molecule has 0 bridgehead atoms. The molecule has 0 aliphatic rings. The van der Waals surface area contributed by atoms with Gasteiger partial charge in [0.05, 0.1) is 32.1 Å². The first kappa shape index (κ1) is 31.0. The number of unbranched alkanes of at least 4 members (excludes halogenated alkanes) is 1. The van der Waals surface area contributed by atoms with Crippen molar-refractivity contribution in [1.82, 2.24) is 31.0 Å². The van der Waals surface area contributed by atoms with Crippen LogP contribution < -0.4 is 10.6 Å². The van der Waals surface area contributed by atoms with Gasteiger partial charge in [-0.25, -0.2) is 0 Å². The van der Waals surface area contributed by atoms with E-state index in [-0.39, 0.29) is 63.3 Å². The second-order valence-corrected chi connectivity index (χ2v) is 8.51. The number of Topliss-reactive ketones (excluding diaryl/α,β-unsaturated/α-hetero) is 1. The van der Waals surface area contributed by atoms with Crippen LogP contribution in [0.15, 0.2) is 30.6 Å². The molecule has 11 nitrogen and oxygen atoms in total. The van der Waals surface area contributed by atoms with E-state index in [1.54, 1.807) is 0 Å². The highest BCUT2D eigenvalue weighted by atomic mass is 16.5. The van der Waals surface area contributed by atoms with Crippen molar-refractivity contribution < 1.29 is 23.9 Å². The summed E-state index contributed by atoms with van der Waals surface area (Å²) in [5.74, 6) is 4.64. The first-order chi connectivity index (χ1) is 19.0. The van der Waals surface area contributed by atoms with Crippen molar-refractivity contribution in [2.75, 3.05) is 33.0 Å². The van der Waals surface area contributed by atoms with Crippen molar-refractivity contribution in [2.45, 2.75) is 51.0 Å². The summed E-state index contributed by atoms with van der Waals surface area (Å²) in [4.78, 5) is 37.3. The molecule has 0 aliphatic heterocycles. The summed E-state index contributed by atoms with van der Waals surface area (Å²) in [6.45, 7) is 1.20. The minimum Gasteiger partial charge on any atom is -0.368 e. The van der Waals surface area contributed by atoms with E-state index in [1.165, 1.54) is 6.33 Å². The fourth-order valence-electron chi connectivity index (χ4n) is 3.54. The molecule has 1 heterocycles. The third-order valence-corrected chi connectivity index (χ3v) is 5.56. The molecule has 0 radical (unpaired) electrons. The number of nitrogens with zero attached hydrogens (tertiary/aromatic N) is 4. The molecule has 0 saturated carbocycles. The molecule has 1 aromatic heterocycles. The molecule has 39 heavy (non-hydrogen) atoms. The Bertz CT molecular complexity index is 1110. The van der Waals surface area contributed by atoms with Crippen LogP contribution >= 0.6 is 0 Å². The van der Waals surface area contributed by atoms with Gasteiger partial charge in [0.1, 0.15) is 13.2 Å².